The van der Waals surface area contributed by atoms with Gasteiger partial charge in [-0.25, -0.2) is 0 Å². The fraction of sp³-hybridized carbons (Fsp3) is 0.632. The van der Waals surface area contributed by atoms with Gasteiger partial charge in [-0.05, 0) is 55.6 Å². The Morgan fingerprint density at radius 3 is 2.30 bits per heavy atom. The lowest BCUT2D eigenvalue weighted by molar-refractivity contribution is 0.0969. The highest BCUT2D eigenvalue weighted by Crippen LogP contribution is 2.36. The van der Waals surface area contributed by atoms with Crippen molar-refractivity contribution >= 4 is 14.2 Å². The summed E-state index contributed by atoms with van der Waals surface area (Å²) in [6.07, 6.45) is 12.8. The molecule has 23 heavy (non-hydrogen) atoms. The van der Waals surface area contributed by atoms with Crippen LogP contribution in [0.3, 0.4) is 0 Å². The van der Waals surface area contributed by atoms with E-state index in [0.717, 1.165) is 25.9 Å². The van der Waals surface area contributed by atoms with E-state index >= 15 is 0 Å². The first-order valence-corrected chi connectivity index (χ1v) is 11.6. The number of nitrogens with zero attached hydrogens (tertiary/aromatic N) is 1. The average Bonchev–Trinajstić information content (AvgIpc) is 2.98. The Bertz CT molecular complexity index is 484. The van der Waals surface area contributed by atoms with Gasteiger partial charge in [-0.3, -0.25) is 9.36 Å². The van der Waals surface area contributed by atoms with Gasteiger partial charge in [0.05, 0.1) is 0 Å². The number of hydrogen-bond acceptors (Lipinski definition) is 2. The van der Waals surface area contributed by atoms with Gasteiger partial charge in [0.1, 0.15) is 0 Å². The molecule has 0 aliphatic rings. The molecule has 0 spiro atoms. The number of rotatable bonds is 9. The molecule has 0 atom stereocenters. The normalized spacial score (nSPS) is 12.9. The molecule has 0 N–H and O–H groups in total. The van der Waals surface area contributed by atoms with Gasteiger partial charge >= 0.3 is 0 Å². The molecule has 4 heteroatoms. The zero-order chi connectivity index (χ0) is 17.3. The Balaban J connectivity index is 2.05. The zero-order valence-electron chi connectivity index (χ0n) is 15.5. The van der Waals surface area contributed by atoms with Crippen molar-refractivity contribution in [3.8, 4) is 0 Å². The van der Waals surface area contributed by atoms with Gasteiger partial charge in [0.2, 0.25) is 0 Å². The molecule has 0 aliphatic carbocycles. The summed E-state index contributed by atoms with van der Waals surface area (Å²) in [7, 11) is -1.58. The molecule has 0 saturated carbocycles. The Labute approximate surface area is 142 Å². The summed E-state index contributed by atoms with van der Waals surface area (Å²) in [5.74, 6) is 0.0257. The fourth-order valence-electron chi connectivity index (χ4n) is 2.01. The van der Waals surface area contributed by atoms with Crippen molar-refractivity contribution in [1.82, 2.24) is 4.57 Å². The summed E-state index contributed by atoms with van der Waals surface area (Å²) < 4.78 is 7.76. The lowest BCUT2D eigenvalue weighted by Gasteiger charge is -2.36. The second-order valence-electron chi connectivity index (χ2n) is 7.64. The third-order valence-electron chi connectivity index (χ3n) is 4.65. The Hall–Kier alpha value is -1.13. The molecular formula is C19H33NO2Si. The summed E-state index contributed by atoms with van der Waals surface area (Å²) in [6, 6.07) is 3.72. The van der Waals surface area contributed by atoms with Crippen LogP contribution < -0.4 is 0 Å². The highest BCUT2D eigenvalue weighted by Gasteiger charge is 2.36. The molecule has 0 amide bonds. The van der Waals surface area contributed by atoms with Crippen LogP contribution in [-0.2, 0) is 4.43 Å². The molecular weight excluding hydrogens is 302 g/mol. The fourth-order valence-corrected chi connectivity index (χ4v) is 3.10. The topological polar surface area (TPSA) is 31.2 Å². The molecule has 0 aromatic carbocycles. The lowest BCUT2D eigenvalue weighted by Crippen LogP contribution is -2.40. The van der Waals surface area contributed by atoms with Gasteiger partial charge in [0, 0.05) is 19.0 Å². The number of carbonyl (C=O) groups is 1. The van der Waals surface area contributed by atoms with E-state index in [1.807, 2.05) is 18.2 Å². The van der Waals surface area contributed by atoms with Crippen LogP contribution >= 0.6 is 0 Å². The monoisotopic (exact) mass is 335 g/mol. The van der Waals surface area contributed by atoms with E-state index < -0.39 is 8.32 Å². The molecule has 0 radical (unpaired) electrons. The lowest BCUT2D eigenvalue weighted by atomic mass is 10.1. The van der Waals surface area contributed by atoms with Gasteiger partial charge in [0.25, 0.3) is 5.91 Å². The van der Waals surface area contributed by atoms with Gasteiger partial charge in [-0.15, -0.1) is 0 Å². The third kappa shape index (κ3) is 7.31. The van der Waals surface area contributed by atoms with Crippen LogP contribution in [0.1, 0.15) is 57.7 Å². The van der Waals surface area contributed by atoms with Crippen molar-refractivity contribution in [3.63, 3.8) is 0 Å². The second kappa shape index (κ2) is 9.23. The third-order valence-corrected chi connectivity index (χ3v) is 9.19. The van der Waals surface area contributed by atoms with Gasteiger partial charge in [-0.2, -0.15) is 0 Å². The van der Waals surface area contributed by atoms with Crippen LogP contribution in [0, 0.1) is 0 Å². The molecule has 0 bridgehead atoms. The molecule has 130 valence electrons. The molecule has 3 nitrogen and oxygen atoms in total. The van der Waals surface area contributed by atoms with Crippen molar-refractivity contribution in [2.45, 2.75) is 71.0 Å². The van der Waals surface area contributed by atoms with E-state index in [0.29, 0.717) is 5.04 Å². The zero-order valence-corrected chi connectivity index (χ0v) is 16.5. The van der Waals surface area contributed by atoms with E-state index in [4.69, 9.17) is 4.43 Å². The van der Waals surface area contributed by atoms with Gasteiger partial charge < -0.3 is 4.43 Å². The second-order valence-corrected chi connectivity index (χ2v) is 12.5. The minimum absolute atomic E-state index is 0.0257. The minimum atomic E-state index is -1.58. The molecule has 1 rings (SSSR count). The highest BCUT2D eigenvalue weighted by molar-refractivity contribution is 6.74. The summed E-state index contributed by atoms with van der Waals surface area (Å²) >= 11 is 0. The number of aromatic nitrogens is 1. The van der Waals surface area contributed by atoms with Crippen LogP contribution in [0.2, 0.25) is 18.1 Å². The summed E-state index contributed by atoms with van der Waals surface area (Å²) in [4.78, 5) is 11.7. The van der Waals surface area contributed by atoms with Crippen LogP contribution in [0.4, 0.5) is 0 Å². The summed E-state index contributed by atoms with van der Waals surface area (Å²) in [5.41, 5.74) is 0. The van der Waals surface area contributed by atoms with Crippen LogP contribution in [0.5, 0.6) is 0 Å². The number of carbonyl (C=O) groups excluding carboxylic acids is 1. The van der Waals surface area contributed by atoms with E-state index in [-0.39, 0.29) is 5.91 Å². The van der Waals surface area contributed by atoms with Crippen LogP contribution in [0.25, 0.3) is 0 Å². The van der Waals surface area contributed by atoms with E-state index in [2.05, 4.69) is 33.9 Å². The molecule has 0 fully saturated rings. The Morgan fingerprint density at radius 1 is 1.09 bits per heavy atom. The quantitative estimate of drug-likeness (QED) is 0.331. The standard InChI is InChI=1S/C19H33NO2Si/c1-19(2,3)23(4,5)22-17-13-9-7-6-8-10-14-18(21)20-15-11-12-16-20/h10-12,14-16H,6-9,13,17H2,1-5H3/b14-10+. The van der Waals surface area contributed by atoms with Crippen LogP contribution in [-0.4, -0.2) is 25.4 Å². The maximum absolute atomic E-state index is 11.7. The van der Waals surface area contributed by atoms with Crippen molar-refractivity contribution in [3.05, 3.63) is 36.7 Å². The maximum atomic E-state index is 11.7. The minimum Gasteiger partial charge on any atom is -0.417 e. The molecule has 0 saturated heterocycles. The van der Waals surface area contributed by atoms with Crippen molar-refractivity contribution < 1.29 is 9.22 Å². The predicted molar refractivity (Wildman–Crippen MR) is 100 cm³/mol. The molecule has 0 aliphatic heterocycles. The summed E-state index contributed by atoms with van der Waals surface area (Å²) in [5, 5.41) is 0.296. The first-order chi connectivity index (χ1) is 10.7. The smallest absolute Gasteiger partial charge is 0.254 e. The molecule has 1 heterocycles. The number of allylic oxidation sites excluding steroid dienone is 2. The van der Waals surface area contributed by atoms with Crippen molar-refractivity contribution in [2.75, 3.05) is 6.61 Å². The van der Waals surface area contributed by atoms with E-state index in [1.165, 1.54) is 12.8 Å². The Morgan fingerprint density at radius 2 is 1.70 bits per heavy atom. The molecule has 1 aromatic heterocycles. The van der Waals surface area contributed by atoms with Crippen LogP contribution in [0.15, 0.2) is 36.7 Å². The Kier molecular flexibility index (Phi) is 7.99. The SMILES string of the molecule is CC(C)(C)[Si](C)(C)OCCCCCC/C=C/C(=O)n1cccc1. The van der Waals surface area contributed by atoms with E-state index in [9.17, 15) is 4.79 Å². The molecule has 0 unspecified atom stereocenters. The van der Waals surface area contributed by atoms with E-state index in [1.54, 1.807) is 23.0 Å². The molecule has 1 aromatic rings. The van der Waals surface area contributed by atoms with Gasteiger partial charge in [0.15, 0.2) is 8.32 Å². The van der Waals surface area contributed by atoms with Gasteiger partial charge in [-0.1, -0.05) is 39.7 Å². The average molecular weight is 336 g/mol. The largest absolute Gasteiger partial charge is 0.417 e. The number of hydrogen-bond donors (Lipinski definition) is 0. The van der Waals surface area contributed by atoms with Crippen molar-refractivity contribution in [2.24, 2.45) is 0 Å². The highest BCUT2D eigenvalue weighted by atomic mass is 28.4. The first-order valence-electron chi connectivity index (χ1n) is 8.72. The maximum Gasteiger partial charge on any atom is 0.254 e. The number of unbranched alkanes of at least 4 members (excludes halogenated alkanes) is 4. The summed E-state index contributed by atoms with van der Waals surface area (Å²) in [6.45, 7) is 12.3. The first kappa shape index (κ1) is 19.9. The van der Waals surface area contributed by atoms with Crippen molar-refractivity contribution in [1.29, 1.82) is 0 Å². The predicted octanol–water partition coefficient (Wildman–Crippen LogP) is 5.66.